The van der Waals surface area contributed by atoms with Gasteiger partial charge in [0.15, 0.2) is 5.58 Å². The molecule has 0 unspecified atom stereocenters. The summed E-state index contributed by atoms with van der Waals surface area (Å²) in [4.78, 5) is 8.58. The molecule has 0 atom stereocenters. The number of nitrogens with zero attached hydrogens (tertiary/aromatic N) is 2. The second kappa shape index (κ2) is 5.80. The Kier molecular flexibility index (Phi) is 3.57. The number of anilines is 2. The number of nitrogens with two attached hydrogens (primary N) is 2. The summed E-state index contributed by atoms with van der Waals surface area (Å²) < 4.78 is 33.2. The molecule has 0 aliphatic rings. The van der Waals surface area contributed by atoms with Crippen molar-refractivity contribution in [3.63, 3.8) is 0 Å². The molecule has 4 aromatic rings. The van der Waals surface area contributed by atoms with Gasteiger partial charge in [-0.1, -0.05) is 0 Å². The van der Waals surface area contributed by atoms with Crippen LogP contribution in [0.25, 0.3) is 33.4 Å². The van der Waals surface area contributed by atoms with E-state index in [1.165, 1.54) is 18.3 Å². The number of fused-ring (bicyclic) bond motifs is 1. The maximum atomic E-state index is 14.3. The lowest BCUT2D eigenvalue weighted by Crippen LogP contribution is -1.94. The molecule has 4 rings (SSSR count). The summed E-state index contributed by atoms with van der Waals surface area (Å²) in [6, 6.07) is 6.93. The molecule has 5 nitrogen and oxygen atoms in total. The number of aryl methyl sites for hydroxylation is 1. The van der Waals surface area contributed by atoms with E-state index in [2.05, 4.69) is 9.97 Å². The Morgan fingerprint density at radius 1 is 1.00 bits per heavy atom. The highest BCUT2D eigenvalue weighted by atomic mass is 19.1. The molecule has 0 fully saturated rings. The highest BCUT2D eigenvalue weighted by Crippen LogP contribution is 2.42. The molecular formula is C19H14F2N4O. The van der Waals surface area contributed by atoms with Crippen LogP contribution in [0.5, 0.6) is 0 Å². The molecule has 3 heterocycles. The minimum absolute atomic E-state index is 0.0174. The number of furan rings is 1. The van der Waals surface area contributed by atoms with E-state index in [1.54, 1.807) is 12.3 Å². The molecule has 4 N–H and O–H groups in total. The third-order valence-electron chi connectivity index (χ3n) is 4.17. The Morgan fingerprint density at radius 2 is 1.81 bits per heavy atom. The van der Waals surface area contributed by atoms with Crippen LogP contribution in [0.15, 0.2) is 47.1 Å². The van der Waals surface area contributed by atoms with Gasteiger partial charge in [-0.3, -0.25) is 9.97 Å². The summed E-state index contributed by atoms with van der Waals surface area (Å²) >= 11 is 0. The van der Waals surface area contributed by atoms with Crippen molar-refractivity contribution >= 4 is 22.5 Å². The van der Waals surface area contributed by atoms with E-state index >= 15 is 0 Å². The molecule has 0 saturated carbocycles. The van der Waals surface area contributed by atoms with Gasteiger partial charge in [0.05, 0.1) is 5.39 Å². The lowest BCUT2D eigenvalue weighted by Gasteiger charge is -2.08. The largest absolute Gasteiger partial charge is 0.436 e. The number of hydrogen-bond acceptors (Lipinski definition) is 5. The number of rotatable bonds is 2. The van der Waals surface area contributed by atoms with Gasteiger partial charge in [-0.05, 0) is 31.2 Å². The zero-order valence-corrected chi connectivity index (χ0v) is 13.8. The standard InChI is InChI=1S/C19H14F2N4O/c1-9-6-10(4-5-24-9)17-18-15(16(22)19(23)26-18)13(8-25-17)12-3-2-11(20)7-14(12)21/h2-8H,22-23H2,1H3. The monoisotopic (exact) mass is 352 g/mol. The SMILES string of the molecule is Cc1cc(-c2ncc(-c3ccc(F)cc3F)c3c(N)c(N)oc23)ccn1. The van der Waals surface area contributed by atoms with Crippen molar-refractivity contribution in [1.82, 2.24) is 9.97 Å². The van der Waals surface area contributed by atoms with Gasteiger partial charge in [-0.15, -0.1) is 0 Å². The minimum Gasteiger partial charge on any atom is -0.436 e. The van der Waals surface area contributed by atoms with Crippen molar-refractivity contribution in [2.45, 2.75) is 6.92 Å². The Hall–Kier alpha value is -3.48. The maximum absolute atomic E-state index is 14.3. The van der Waals surface area contributed by atoms with Crippen LogP contribution in [-0.2, 0) is 0 Å². The van der Waals surface area contributed by atoms with Gasteiger partial charge in [0, 0.05) is 40.8 Å². The van der Waals surface area contributed by atoms with Gasteiger partial charge >= 0.3 is 0 Å². The summed E-state index contributed by atoms with van der Waals surface area (Å²) in [6.45, 7) is 1.85. The fourth-order valence-corrected chi connectivity index (χ4v) is 2.96. The van der Waals surface area contributed by atoms with Gasteiger partial charge in [-0.2, -0.15) is 0 Å². The first-order valence-electron chi connectivity index (χ1n) is 7.80. The molecular weight excluding hydrogens is 338 g/mol. The molecule has 7 heteroatoms. The third-order valence-corrected chi connectivity index (χ3v) is 4.17. The van der Waals surface area contributed by atoms with Crippen molar-refractivity contribution in [2.75, 3.05) is 11.5 Å². The normalized spacial score (nSPS) is 11.2. The van der Waals surface area contributed by atoms with Crippen LogP contribution in [0.1, 0.15) is 5.69 Å². The van der Waals surface area contributed by atoms with E-state index in [0.29, 0.717) is 22.2 Å². The number of pyridine rings is 2. The van der Waals surface area contributed by atoms with Crippen molar-refractivity contribution in [3.05, 3.63) is 60.1 Å². The average Bonchev–Trinajstić information content (AvgIpc) is 2.90. The van der Waals surface area contributed by atoms with Crippen LogP contribution in [0.4, 0.5) is 20.4 Å². The van der Waals surface area contributed by atoms with Crippen LogP contribution in [-0.4, -0.2) is 9.97 Å². The van der Waals surface area contributed by atoms with E-state index in [1.807, 2.05) is 13.0 Å². The van der Waals surface area contributed by atoms with Gasteiger partial charge in [0.2, 0.25) is 5.88 Å². The number of benzene rings is 1. The fourth-order valence-electron chi connectivity index (χ4n) is 2.96. The maximum Gasteiger partial charge on any atom is 0.215 e. The molecule has 130 valence electrons. The summed E-state index contributed by atoms with van der Waals surface area (Å²) in [5, 5.41) is 0.437. The Labute approximate surface area is 147 Å². The van der Waals surface area contributed by atoms with Crippen LogP contribution in [0, 0.1) is 18.6 Å². The lowest BCUT2D eigenvalue weighted by atomic mass is 10.00. The summed E-state index contributed by atoms with van der Waals surface area (Å²) in [6.07, 6.45) is 3.14. The number of nitrogen functional groups attached to an aromatic ring is 2. The molecule has 0 amide bonds. The number of aromatic nitrogens is 2. The van der Waals surface area contributed by atoms with E-state index in [4.69, 9.17) is 15.9 Å². The Morgan fingerprint density at radius 3 is 2.54 bits per heavy atom. The van der Waals surface area contributed by atoms with Crippen LogP contribution >= 0.6 is 0 Å². The molecule has 0 bridgehead atoms. The first kappa shape index (κ1) is 16.0. The molecule has 3 aromatic heterocycles. The number of halogens is 2. The van der Waals surface area contributed by atoms with Gasteiger partial charge < -0.3 is 15.9 Å². The molecule has 0 spiro atoms. The zero-order valence-electron chi connectivity index (χ0n) is 13.8. The average molecular weight is 352 g/mol. The number of hydrogen-bond donors (Lipinski definition) is 2. The second-order valence-electron chi connectivity index (χ2n) is 5.91. The zero-order chi connectivity index (χ0) is 18.4. The fraction of sp³-hybridized carbons (Fsp3) is 0.0526. The molecule has 26 heavy (non-hydrogen) atoms. The quantitative estimate of drug-likeness (QED) is 0.561. The van der Waals surface area contributed by atoms with Crippen LogP contribution in [0.2, 0.25) is 0 Å². The highest BCUT2D eigenvalue weighted by molar-refractivity contribution is 6.09. The lowest BCUT2D eigenvalue weighted by molar-refractivity contribution is 0.585. The van der Waals surface area contributed by atoms with Gasteiger partial charge in [-0.25, -0.2) is 8.78 Å². The summed E-state index contributed by atoms with van der Waals surface area (Å²) in [5.74, 6) is -1.37. The predicted molar refractivity (Wildman–Crippen MR) is 96.2 cm³/mol. The molecule has 0 radical (unpaired) electrons. The highest BCUT2D eigenvalue weighted by Gasteiger charge is 2.21. The van der Waals surface area contributed by atoms with Crippen molar-refractivity contribution < 1.29 is 13.2 Å². The molecule has 0 saturated heterocycles. The predicted octanol–water partition coefficient (Wildman–Crippen LogP) is 4.31. The second-order valence-corrected chi connectivity index (χ2v) is 5.91. The van der Waals surface area contributed by atoms with E-state index < -0.39 is 11.6 Å². The molecule has 0 aliphatic carbocycles. The Balaban J connectivity index is 2.05. The van der Waals surface area contributed by atoms with Crippen LogP contribution < -0.4 is 11.5 Å². The topological polar surface area (TPSA) is 91.0 Å². The summed E-state index contributed by atoms with van der Waals surface area (Å²) in [7, 11) is 0. The van der Waals surface area contributed by atoms with Gasteiger partial charge in [0.25, 0.3) is 0 Å². The third kappa shape index (κ3) is 2.45. The van der Waals surface area contributed by atoms with E-state index in [-0.39, 0.29) is 17.1 Å². The van der Waals surface area contributed by atoms with Gasteiger partial charge in [0.1, 0.15) is 23.0 Å². The first-order chi connectivity index (χ1) is 12.5. The van der Waals surface area contributed by atoms with Crippen molar-refractivity contribution in [2.24, 2.45) is 0 Å². The van der Waals surface area contributed by atoms with Crippen molar-refractivity contribution in [3.8, 4) is 22.4 Å². The van der Waals surface area contributed by atoms with E-state index in [0.717, 1.165) is 17.3 Å². The van der Waals surface area contributed by atoms with Crippen LogP contribution in [0.3, 0.4) is 0 Å². The molecule has 1 aromatic carbocycles. The molecule has 0 aliphatic heterocycles. The summed E-state index contributed by atoms with van der Waals surface area (Å²) in [5.41, 5.74) is 15.1. The Bertz CT molecular complexity index is 1150. The van der Waals surface area contributed by atoms with E-state index in [9.17, 15) is 8.78 Å². The van der Waals surface area contributed by atoms with Crippen molar-refractivity contribution in [1.29, 1.82) is 0 Å². The minimum atomic E-state index is -0.722. The first-order valence-corrected chi connectivity index (χ1v) is 7.80. The smallest absolute Gasteiger partial charge is 0.215 e.